The lowest BCUT2D eigenvalue weighted by Gasteiger charge is -2.32. The Hall–Kier alpha value is -3.78. The van der Waals surface area contributed by atoms with Gasteiger partial charge in [-0.25, -0.2) is 13.5 Å². The van der Waals surface area contributed by atoms with Crippen molar-refractivity contribution in [1.29, 1.82) is 0 Å². The Bertz CT molecular complexity index is 1510. The molecule has 0 saturated heterocycles. The maximum atomic E-state index is 14.4. The molecular formula is C25H15F5N2O. The van der Waals surface area contributed by atoms with Gasteiger partial charge in [-0.05, 0) is 47.3 Å². The molecule has 1 aromatic heterocycles. The molecule has 0 spiro atoms. The molecule has 0 bridgehead atoms. The van der Waals surface area contributed by atoms with Crippen LogP contribution in [0.3, 0.4) is 0 Å². The first-order valence-electron chi connectivity index (χ1n) is 9.91. The predicted molar refractivity (Wildman–Crippen MR) is 114 cm³/mol. The van der Waals surface area contributed by atoms with Crippen LogP contribution < -0.4 is 0 Å². The molecule has 4 aromatic carbocycles. The van der Waals surface area contributed by atoms with Crippen LogP contribution in [0.1, 0.15) is 11.1 Å². The van der Waals surface area contributed by atoms with Crippen molar-refractivity contribution in [2.45, 2.75) is 11.8 Å². The molecule has 0 amide bonds. The third-order valence-corrected chi connectivity index (χ3v) is 5.71. The molecule has 3 nitrogen and oxygen atoms in total. The Morgan fingerprint density at radius 1 is 0.788 bits per heavy atom. The third-order valence-electron chi connectivity index (χ3n) is 5.71. The second kappa shape index (κ2) is 7.38. The van der Waals surface area contributed by atoms with Crippen molar-refractivity contribution in [3.05, 3.63) is 108 Å². The maximum absolute atomic E-state index is 14.4. The van der Waals surface area contributed by atoms with E-state index in [0.717, 1.165) is 18.2 Å². The first kappa shape index (κ1) is 21.1. The Balaban J connectivity index is 1.73. The molecule has 5 aromatic rings. The van der Waals surface area contributed by atoms with E-state index in [9.17, 15) is 27.1 Å². The number of hydrogen-bond acceptors (Lipinski definition) is 2. The van der Waals surface area contributed by atoms with Crippen LogP contribution in [-0.2, 0) is 5.60 Å². The lowest BCUT2D eigenvalue weighted by atomic mass is 9.82. The van der Waals surface area contributed by atoms with Crippen molar-refractivity contribution in [2.75, 3.05) is 0 Å². The van der Waals surface area contributed by atoms with Crippen LogP contribution in [0.15, 0.2) is 85.1 Å². The highest BCUT2D eigenvalue weighted by atomic mass is 19.4. The summed E-state index contributed by atoms with van der Waals surface area (Å²) in [6, 6.07) is 16.9. The van der Waals surface area contributed by atoms with Gasteiger partial charge < -0.3 is 5.11 Å². The first-order valence-corrected chi connectivity index (χ1v) is 9.91. The second-order valence-electron chi connectivity index (χ2n) is 7.66. The van der Waals surface area contributed by atoms with E-state index in [2.05, 4.69) is 5.10 Å². The van der Waals surface area contributed by atoms with E-state index in [1.165, 1.54) is 65.5 Å². The molecule has 0 saturated carbocycles. The van der Waals surface area contributed by atoms with E-state index in [1.54, 1.807) is 6.07 Å². The van der Waals surface area contributed by atoms with E-state index in [1.807, 2.05) is 0 Å². The highest BCUT2D eigenvalue weighted by molar-refractivity contribution is 5.88. The third kappa shape index (κ3) is 3.25. The molecule has 0 aliphatic heterocycles. The molecular weight excluding hydrogens is 439 g/mol. The molecule has 1 N–H and O–H groups in total. The van der Waals surface area contributed by atoms with Crippen LogP contribution in [0, 0.1) is 11.6 Å². The van der Waals surface area contributed by atoms with Crippen molar-refractivity contribution >= 4 is 21.7 Å². The second-order valence-corrected chi connectivity index (χ2v) is 7.66. The molecule has 0 radical (unpaired) electrons. The number of fused-ring (bicyclic) bond motifs is 2. The summed E-state index contributed by atoms with van der Waals surface area (Å²) in [6.07, 6.45) is -3.77. The van der Waals surface area contributed by atoms with E-state index < -0.39 is 34.5 Å². The van der Waals surface area contributed by atoms with Gasteiger partial charge in [0.05, 0.1) is 17.4 Å². The summed E-state index contributed by atoms with van der Waals surface area (Å²) >= 11 is 0. The smallest absolute Gasteiger partial charge is 0.372 e. The summed E-state index contributed by atoms with van der Waals surface area (Å²) in [6.45, 7) is 0. The Morgan fingerprint density at radius 2 is 1.55 bits per heavy atom. The minimum absolute atomic E-state index is 0.0299. The van der Waals surface area contributed by atoms with Gasteiger partial charge in [-0.15, -0.1) is 0 Å². The van der Waals surface area contributed by atoms with Gasteiger partial charge in [-0.2, -0.15) is 18.3 Å². The maximum Gasteiger partial charge on any atom is 0.425 e. The zero-order valence-electron chi connectivity index (χ0n) is 16.8. The molecule has 1 unspecified atom stereocenters. The topological polar surface area (TPSA) is 38.1 Å². The minimum atomic E-state index is -5.11. The molecule has 1 heterocycles. The van der Waals surface area contributed by atoms with E-state index in [-0.39, 0.29) is 10.8 Å². The Morgan fingerprint density at radius 3 is 2.27 bits per heavy atom. The summed E-state index contributed by atoms with van der Waals surface area (Å²) in [4.78, 5) is 0. The number of rotatable bonds is 3. The monoisotopic (exact) mass is 454 g/mol. The van der Waals surface area contributed by atoms with Crippen molar-refractivity contribution in [1.82, 2.24) is 9.78 Å². The van der Waals surface area contributed by atoms with Gasteiger partial charge in [-0.3, -0.25) is 0 Å². The van der Waals surface area contributed by atoms with Gasteiger partial charge in [0, 0.05) is 16.3 Å². The Kier molecular flexibility index (Phi) is 4.72. The number of halogens is 5. The van der Waals surface area contributed by atoms with Crippen LogP contribution in [0.4, 0.5) is 22.0 Å². The molecule has 0 aliphatic rings. The van der Waals surface area contributed by atoms with Crippen molar-refractivity contribution in [3.63, 3.8) is 0 Å². The minimum Gasteiger partial charge on any atom is -0.372 e. The van der Waals surface area contributed by atoms with E-state index in [4.69, 9.17) is 0 Å². The number of nitrogens with zero attached hydrogens (tertiary/aromatic N) is 2. The molecule has 0 aliphatic carbocycles. The molecule has 8 heteroatoms. The summed E-state index contributed by atoms with van der Waals surface area (Å²) in [5.74, 6) is -1.17. The average molecular weight is 454 g/mol. The summed E-state index contributed by atoms with van der Waals surface area (Å²) in [7, 11) is 0. The fourth-order valence-electron chi connectivity index (χ4n) is 4.12. The zero-order chi connectivity index (χ0) is 23.4. The van der Waals surface area contributed by atoms with Crippen LogP contribution in [0.5, 0.6) is 0 Å². The van der Waals surface area contributed by atoms with Crippen LogP contribution in [-0.4, -0.2) is 21.1 Å². The SMILES string of the molecule is OC(c1ccc2c(cnn2-c2cccc(F)c2)c1)(c1ccc(F)c2ccccc12)C(F)(F)F. The van der Waals surface area contributed by atoms with E-state index >= 15 is 0 Å². The first-order chi connectivity index (χ1) is 15.7. The fraction of sp³-hybridized carbons (Fsp3) is 0.0800. The molecule has 1 atom stereocenters. The van der Waals surface area contributed by atoms with Crippen molar-refractivity contribution in [3.8, 4) is 5.69 Å². The van der Waals surface area contributed by atoms with Gasteiger partial charge in [0.2, 0.25) is 5.60 Å². The quantitative estimate of drug-likeness (QED) is 0.327. The van der Waals surface area contributed by atoms with Gasteiger partial charge in [-0.1, -0.05) is 42.5 Å². The van der Waals surface area contributed by atoms with Crippen LogP contribution in [0.2, 0.25) is 0 Å². The molecule has 0 fully saturated rings. The van der Waals surface area contributed by atoms with Gasteiger partial charge in [0.15, 0.2) is 0 Å². The lowest BCUT2D eigenvalue weighted by molar-refractivity contribution is -0.247. The molecule has 5 rings (SSSR count). The summed E-state index contributed by atoms with van der Waals surface area (Å²) in [5, 5.41) is 15.6. The van der Waals surface area contributed by atoms with Crippen molar-refractivity contribution < 1.29 is 27.1 Å². The standard InChI is InChI=1S/C25H15F5N2O/c26-17-4-3-5-18(13-17)32-23-11-8-16(12-15(23)14-31-32)24(33,25(28,29)30)21-9-10-22(27)20-7-2-1-6-19(20)21/h1-14,33H. The fourth-order valence-corrected chi connectivity index (χ4v) is 4.12. The molecule has 33 heavy (non-hydrogen) atoms. The number of benzene rings is 4. The zero-order valence-corrected chi connectivity index (χ0v) is 16.8. The van der Waals surface area contributed by atoms with E-state index in [0.29, 0.717) is 16.6 Å². The normalized spacial score (nSPS) is 14.0. The number of hydrogen-bond donors (Lipinski definition) is 1. The van der Waals surface area contributed by atoms with Gasteiger partial charge in [0.25, 0.3) is 0 Å². The summed E-state index contributed by atoms with van der Waals surface area (Å²) in [5.41, 5.74) is -3.51. The van der Waals surface area contributed by atoms with Gasteiger partial charge >= 0.3 is 6.18 Å². The average Bonchev–Trinajstić information content (AvgIpc) is 3.22. The van der Waals surface area contributed by atoms with Crippen LogP contribution >= 0.6 is 0 Å². The van der Waals surface area contributed by atoms with Gasteiger partial charge in [0.1, 0.15) is 11.6 Å². The Labute approximate surface area is 184 Å². The number of aromatic nitrogens is 2. The summed E-state index contributed by atoms with van der Waals surface area (Å²) < 4.78 is 72.5. The van der Waals surface area contributed by atoms with Crippen LogP contribution in [0.25, 0.3) is 27.4 Å². The van der Waals surface area contributed by atoms with Crippen molar-refractivity contribution in [2.24, 2.45) is 0 Å². The largest absolute Gasteiger partial charge is 0.425 e. The lowest BCUT2D eigenvalue weighted by Crippen LogP contribution is -2.43. The highest BCUT2D eigenvalue weighted by Crippen LogP contribution is 2.47. The predicted octanol–water partition coefficient (Wildman–Crippen LogP) is 6.26. The molecule has 166 valence electrons. The number of alkyl halides is 3. The highest BCUT2D eigenvalue weighted by Gasteiger charge is 2.57. The number of aliphatic hydroxyl groups is 1.